The Morgan fingerprint density at radius 2 is 1.88 bits per heavy atom. The second-order valence-corrected chi connectivity index (χ2v) is 12.8. The van der Waals surface area contributed by atoms with E-state index in [1.165, 1.54) is 37.0 Å². The normalized spacial score (nSPS) is 32.6. The van der Waals surface area contributed by atoms with Gasteiger partial charge in [0.05, 0.1) is 22.5 Å². The largest absolute Gasteiger partial charge is 0.373 e. The van der Waals surface area contributed by atoms with Gasteiger partial charge in [-0.25, -0.2) is 0 Å². The molecule has 3 aromatic rings. The van der Waals surface area contributed by atoms with Crippen LogP contribution in [0.2, 0.25) is 0 Å². The van der Waals surface area contributed by atoms with Crippen molar-refractivity contribution in [3.63, 3.8) is 0 Å². The summed E-state index contributed by atoms with van der Waals surface area (Å²) in [5, 5.41) is 4.59. The van der Waals surface area contributed by atoms with E-state index in [0.29, 0.717) is 34.2 Å². The second kappa shape index (κ2) is 7.16. The van der Waals surface area contributed by atoms with Crippen LogP contribution in [0.4, 0.5) is 0 Å². The molecule has 4 fully saturated rings. The molecule has 4 aliphatic carbocycles. The summed E-state index contributed by atoms with van der Waals surface area (Å²) in [5.41, 5.74) is 2.61. The molecule has 0 spiro atoms. The number of amides is 1. The molecular formula is C27H32N2O3S. The molecule has 0 unspecified atom stereocenters. The molecule has 4 bridgehead atoms. The van der Waals surface area contributed by atoms with Crippen molar-refractivity contribution in [3.8, 4) is 0 Å². The van der Waals surface area contributed by atoms with Crippen LogP contribution in [0.15, 0.2) is 29.1 Å². The molecule has 4 aliphatic rings. The van der Waals surface area contributed by atoms with Crippen molar-refractivity contribution in [1.29, 1.82) is 0 Å². The SMILES string of the molecule is Cc1ccc2[nH]c(=O)c3cc(C(=O)NCCOC45CC6C[C@@](C)(C4)C[C@@](C)(C6)C5)sc3c2c1. The number of hydrogen-bond donors (Lipinski definition) is 2. The lowest BCUT2D eigenvalue weighted by Crippen LogP contribution is -2.59. The van der Waals surface area contributed by atoms with Gasteiger partial charge in [0, 0.05) is 22.1 Å². The molecule has 2 atom stereocenters. The number of aromatic amines is 1. The van der Waals surface area contributed by atoms with Gasteiger partial charge < -0.3 is 15.0 Å². The van der Waals surface area contributed by atoms with Crippen LogP contribution in [0.25, 0.3) is 21.0 Å². The second-order valence-electron chi connectivity index (χ2n) is 11.8. The predicted molar refractivity (Wildman–Crippen MR) is 133 cm³/mol. The fourth-order valence-electron chi connectivity index (χ4n) is 8.04. The third kappa shape index (κ3) is 3.62. The number of carbonyl (C=O) groups is 1. The number of pyridine rings is 1. The van der Waals surface area contributed by atoms with Gasteiger partial charge in [0.25, 0.3) is 11.5 Å². The first-order valence-corrected chi connectivity index (χ1v) is 13.0. The highest BCUT2D eigenvalue weighted by molar-refractivity contribution is 7.21. The Hall–Kier alpha value is -2.18. The Labute approximate surface area is 197 Å². The number of rotatable bonds is 5. The third-order valence-corrected chi connectivity index (χ3v) is 9.41. The maximum atomic E-state index is 12.9. The lowest BCUT2D eigenvalue weighted by molar-refractivity contribution is -0.213. The topological polar surface area (TPSA) is 71.2 Å². The zero-order valence-electron chi connectivity index (χ0n) is 19.7. The van der Waals surface area contributed by atoms with Crippen LogP contribution in [0.5, 0.6) is 0 Å². The monoisotopic (exact) mass is 464 g/mol. The lowest BCUT2D eigenvalue weighted by Gasteiger charge is -2.65. The molecule has 0 saturated heterocycles. The quantitative estimate of drug-likeness (QED) is 0.487. The molecule has 2 heterocycles. The summed E-state index contributed by atoms with van der Waals surface area (Å²) in [4.78, 5) is 28.9. The van der Waals surface area contributed by atoms with Crippen molar-refractivity contribution in [2.75, 3.05) is 13.2 Å². The smallest absolute Gasteiger partial charge is 0.261 e. The van der Waals surface area contributed by atoms with Gasteiger partial charge >= 0.3 is 0 Å². The van der Waals surface area contributed by atoms with Crippen molar-refractivity contribution >= 4 is 38.2 Å². The molecule has 1 amide bonds. The van der Waals surface area contributed by atoms with E-state index in [2.05, 4.69) is 30.2 Å². The Morgan fingerprint density at radius 3 is 2.61 bits per heavy atom. The number of aromatic nitrogens is 1. The maximum absolute atomic E-state index is 12.9. The van der Waals surface area contributed by atoms with Crippen LogP contribution in [0.1, 0.15) is 67.6 Å². The number of H-pyrrole nitrogens is 1. The summed E-state index contributed by atoms with van der Waals surface area (Å²) in [6.45, 7) is 7.96. The summed E-state index contributed by atoms with van der Waals surface area (Å²) < 4.78 is 7.41. The number of aryl methyl sites for hydroxylation is 1. The van der Waals surface area contributed by atoms with Crippen LogP contribution in [-0.4, -0.2) is 29.6 Å². The highest BCUT2D eigenvalue weighted by Gasteiger charge is 2.60. The Morgan fingerprint density at radius 1 is 1.12 bits per heavy atom. The van der Waals surface area contributed by atoms with Gasteiger partial charge in [-0.05, 0) is 80.4 Å². The van der Waals surface area contributed by atoms with E-state index in [4.69, 9.17) is 4.74 Å². The van der Waals surface area contributed by atoms with E-state index >= 15 is 0 Å². The minimum absolute atomic E-state index is 0.00464. The fraction of sp³-hybridized carbons (Fsp3) is 0.556. The summed E-state index contributed by atoms with van der Waals surface area (Å²) in [7, 11) is 0. The van der Waals surface area contributed by atoms with Crippen LogP contribution >= 0.6 is 11.3 Å². The molecule has 0 aliphatic heterocycles. The molecule has 0 radical (unpaired) electrons. The fourth-order valence-corrected chi connectivity index (χ4v) is 9.14. The minimum atomic E-state index is -0.149. The zero-order valence-corrected chi connectivity index (χ0v) is 20.5. The van der Waals surface area contributed by atoms with E-state index in [1.54, 1.807) is 6.07 Å². The number of thiophene rings is 1. The lowest BCUT2D eigenvalue weighted by atomic mass is 9.43. The number of carbonyl (C=O) groups excluding carboxylic acids is 1. The molecule has 4 saturated carbocycles. The molecule has 174 valence electrons. The molecule has 7 rings (SSSR count). The van der Waals surface area contributed by atoms with E-state index in [-0.39, 0.29) is 17.1 Å². The van der Waals surface area contributed by atoms with Gasteiger partial charge in [0.15, 0.2) is 0 Å². The standard InChI is InChI=1S/C27H32N2O3S/c1-16-4-5-20-18(8-16)22-19(23(30)29-20)9-21(33-22)24(31)28-6-7-32-27-12-17-10-25(2,14-27)13-26(3,11-17)15-27/h4-5,8-9,17H,6-7,10-15H2,1-3H3,(H,28,31)(H,29,30)/t17?,25-,26-,27?/m1/s1. The Kier molecular flexibility index (Phi) is 4.63. The number of ether oxygens (including phenoxy) is 1. The molecular weight excluding hydrogens is 432 g/mol. The summed E-state index contributed by atoms with van der Waals surface area (Å²) >= 11 is 1.39. The predicted octanol–water partition coefficient (Wildman–Crippen LogP) is 5.55. The van der Waals surface area contributed by atoms with Gasteiger partial charge in [-0.15, -0.1) is 11.3 Å². The van der Waals surface area contributed by atoms with Gasteiger partial charge in [-0.1, -0.05) is 25.5 Å². The first-order valence-electron chi connectivity index (χ1n) is 12.1. The van der Waals surface area contributed by atoms with E-state index in [0.717, 1.165) is 39.9 Å². The van der Waals surface area contributed by atoms with Crippen molar-refractivity contribution in [2.45, 2.75) is 64.9 Å². The molecule has 5 nitrogen and oxygen atoms in total. The average molecular weight is 465 g/mol. The number of benzene rings is 1. The number of fused-ring (bicyclic) bond motifs is 3. The molecule has 6 heteroatoms. The van der Waals surface area contributed by atoms with E-state index in [9.17, 15) is 9.59 Å². The van der Waals surface area contributed by atoms with Gasteiger partial charge in [0.1, 0.15) is 0 Å². The highest BCUT2D eigenvalue weighted by atomic mass is 32.1. The van der Waals surface area contributed by atoms with Crippen molar-refractivity contribution in [3.05, 3.63) is 45.1 Å². The van der Waals surface area contributed by atoms with Crippen LogP contribution < -0.4 is 10.9 Å². The van der Waals surface area contributed by atoms with Gasteiger partial charge in [-0.3, -0.25) is 9.59 Å². The van der Waals surface area contributed by atoms with E-state index < -0.39 is 0 Å². The average Bonchev–Trinajstić information content (AvgIpc) is 3.16. The highest BCUT2D eigenvalue weighted by Crippen LogP contribution is 2.67. The van der Waals surface area contributed by atoms with Crippen LogP contribution in [-0.2, 0) is 4.74 Å². The summed E-state index contributed by atoms with van der Waals surface area (Å²) in [6.07, 6.45) is 7.53. The van der Waals surface area contributed by atoms with Crippen LogP contribution in [0.3, 0.4) is 0 Å². The summed E-state index contributed by atoms with van der Waals surface area (Å²) in [6, 6.07) is 7.69. The van der Waals surface area contributed by atoms with Gasteiger partial charge in [0.2, 0.25) is 0 Å². The van der Waals surface area contributed by atoms with E-state index in [1.807, 2.05) is 19.1 Å². The first kappa shape index (κ1) is 21.4. The van der Waals surface area contributed by atoms with Crippen molar-refractivity contribution in [1.82, 2.24) is 10.3 Å². The first-order chi connectivity index (χ1) is 15.6. The van der Waals surface area contributed by atoms with Crippen molar-refractivity contribution in [2.24, 2.45) is 16.7 Å². The third-order valence-electron chi connectivity index (χ3n) is 8.24. The Balaban J connectivity index is 1.15. The number of nitrogens with one attached hydrogen (secondary N) is 2. The molecule has 33 heavy (non-hydrogen) atoms. The van der Waals surface area contributed by atoms with Gasteiger partial charge in [-0.2, -0.15) is 0 Å². The Bertz CT molecular complexity index is 1320. The molecule has 2 N–H and O–H groups in total. The zero-order chi connectivity index (χ0) is 23.0. The minimum Gasteiger partial charge on any atom is -0.373 e. The van der Waals surface area contributed by atoms with Crippen LogP contribution in [0, 0.1) is 23.7 Å². The van der Waals surface area contributed by atoms with Crippen molar-refractivity contribution < 1.29 is 9.53 Å². The maximum Gasteiger partial charge on any atom is 0.261 e. The molecule has 2 aromatic heterocycles. The number of hydrogen-bond acceptors (Lipinski definition) is 4. The summed E-state index contributed by atoms with van der Waals surface area (Å²) in [5.74, 6) is 0.658. The molecule has 1 aromatic carbocycles.